The molecule has 0 unspecified atom stereocenters. The van der Waals surface area contributed by atoms with E-state index in [1.807, 2.05) is 0 Å². The number of aryl methyl sites for hydroxylation is 1. The van der Waals surface area contributed by atoms with E-state index in [4.69, 9.17) is 0 Å². The molecule has 0 spiro atoms. The minimum Gasteiger partial charge on any atom is -0.406 e. The maximum atomic E-state index is 12.4. The number of alkyl halides is 3. The molecule has 0 aromatic heterocycles. The molecule has 0 fully saturated rings. The first-order valence-corrected chi connectivity index (χ1v) is 3.40. The van der Waals surface area contributed by atoms with Crippen molar-refractivity contribution in [2.24, 2.45) is 0 Å². The van der Waals surface area contributed by atoms with Gasteiger partial charge in [-0.2, -0.15) is 0 Å². The van der Waals surface area contributed by atoms with E-state index in [-0.39, 0.29) is 11.3 Å². The van der Waals surface area contributed by atoms with Crippen molar-refractivity contribution in [3.8, 4) is 5.75 Å². The van der Waals surface area contributed by atoms with Gasteiger partial charge in [0.2, 0.25) is 0 Å². The average Bonchev–Trinajstić information content (AvgIpc) is 1.93. The molecule has 0 N–H and O–H groups in total. The fourth-order valence-corrected chi connectivity index (χ4v) is 0.852. The van der Waals surface area contributed by atoms with E-state index >= 15 is 0 Å². The molecule has 13 heavy (non-hydrogen) atoms. The van der Waals surface area contributed by atoms with E-state index in [0.29, 0.717) is 0 Å². The number of halogens is 4. The molecule has 0 saturated heterocycles. The number of benzene rings is 1. The zero-order chi connectivity index (χ0) is 10.1. The molecule has 0 aliphatic carbocycles. The quantitative estimate of drug-likeness (QED) is 0.624. The molecule has 0 amide bonds. The first kappa shape index (κ1) is 9.83. The lowest BCUT2D eigenvalue weighted by molar-refractivity contribution is -0.274. The zero-order valence-electron chi connectivity index (χ0n) is 6.65. The lowest BCUT2D eigenvalue weighted by Crippen LogP contribution is -2.17. The van der Waals surface area contributed by atoms with Crippen LogP contribution in [0.4, 0.5) is 17.6 Å². The third kappa shape index (κ3) is 2.93. The first-order chi connectivity index (χ1) is 5.88. The Kier molecular flexibility index (Phi) is 2.45. The van der Waals surface area contributed by atoms with Gasteiger partial charge in [-0.25, -0.2) is 4.39 Å². The largest absolute Gasteiger partial charge is 0.573 e. The van der Waals surface area contributed by atoms with Crippen molar-refractivity contribution in [2.45, 2.75) is 13.3 Å². The van der Waals surface area contributed by atoms with Crippen molar-refractivity contribution in [3.05, 3.63) is 29.6 Å². The van der Waals surface area contributed by atoms with E-state index in [9.17, 15) is 17.6 Å². The Morgan fingerprint density at radius 3 is 2.31 bits per heavy atom. The van der Waals surface area contributed by atoms with Crippen LogP contribution < -0.4 is 4.74 Å². The molecular weight excluding hydrogens is 188 g/mol. The molecule has 72 valence electrons. The van der Waals surface area contributed by atoms with Gasteiger partial charge < -0.3 is 4.74 Å². The van der Waals surface area contributed by atoms with Crippen LogP contribution in [0.15, 0.2) is 18.2 Å². The lowest BCUT2D eigenvalue weighted by Gasteiger charge is -2.10. The van der Waals surface area contributed by atoms with Gasteiger partial charge in [-0.05, 0) is 30.7 Å². The Balaban J connectivity index is 2.90. The van der Waals surface area contributed by atoms with Crippen LogP contribution in [-0.2, 0) is 0 Å². The minimum absolute atomic E-state index is 0.109. The summed E-state index contributed by atoms with van der Waals surface area (Å²) in [4.78, 5) is 0. The minimum atomic E-state index is -4.73. The topological polar surface area (TPSA) is 9.23 Å². The Morgan fingerprint density at radius 2 is 1.85 bits per heavy atom. The van der Waals surface area contributed by atoms with Crippen LogP contribution in [0, 0.1) is 12.7 Å². The molecule has 0 saturated carbocycles. The van der Waals surface area contributed by atoms with Crippen LogP contribution in [0.1, 0.15) is 5.56 Å². The molecule has 0 atom stereocenters. The fourth-order valence-electron chi connectivity index (χ4n) is 0.852. The predicted molar refractivity (Wildman–Crippen MR) is 37.8 cm³/mol. The lowest BCUT2D eigenvalue weighted by atomic mass is 10.2. The highest BCUT2D eigenvalue weighted by molar-refractivity contribution is 5.32. The average molecular weight is 194 g/mol. The maximum absolute atomic E-state index is 12.4. The number of rotatable bonds is 1. The van der Waals surface area contributed by atoms with Crippen LogP contribution in [-0.4, -0.2) is 6.36 Å². The summed E-state index contributed by atoms with van der Waals surface area (Å²) in [6.45, 7) is 1.34. The van der Waals surface area contributed by atoms with Gasteiger partial charge >= 0.3 is 6.36 Å². The van der Waals surface area contributed by atoms with Crippen molar-refractivity contribution < 1.29 is 22.3 Å². The molecule has 0 radical (unpaired) electrons. The van der Waals surface area contributed by atoms with Gasteiger partial charge in [0.1, 0.15) is 11.6 Å². The molecule has 1 aromatic carbocycles. The summed E-state index contributed by atoms with van der Waals surface area (Å²) in [6.07, 6.45) is -4.73. The van der Waals surface area contributed by atoms with E-state index in [1.54, 1.807) is 0 Å². The highest BCUT2D eigenvalue weighted by Crippen LogP contribution is 2.25. The molecule has 1 nitrogen and oxygen atoms in total. The molecule has 0 aliphatic heterocycles. The summed E-state index contributed by atoms with van der Waals surface area (Å²) in [5, 5.41) is 0. The van der Waals surface area contributed by atoms with Crippen LogP contribution in [0.5, 0.6) is 5.75 Å². The van der Waals surface area contributed by atoms with E-state index in [1.165, 1.54) is 6.92 Å². The first-order valence-electron chi connectivity index (χ1n) is 3.40. The Bertz CT molecular complexity index is 306. The van der Waals surface area contributed by atoms with Crippen LogP contribution in [0.2, 0.25) is 0 Å². The van der Waals surface area contributed by atoms with Gasteiger partial charge in [-0.3, -0.25) is 0 Å². The van der Waals surface area contributed by atoms with Crippen LogP contribution >= 0.6 is 0 Å². The predicted octanol–water partition coefficient (Wildman–Crippen LogP) is 3.03. The molecule has 0 bridgehead atoms. The van der Waals surface area contributed by atoms with Crippen molar-refractivity contribution >= 4 is 0 Å². The molecule has 1 aromatic rings. The smallest absolute Gasteiger partial charge is 0.406 e. The second kappa shape index (κ2) is 3.24. The summed E-state index contributed by atoms with van der Waals surface area (Å²) in [5.74, 6) is -0.971. The zero-order valence-corrected chi connectivity index (χ0v) is 6.65. The van der Waals surface area contributed by atoms with Crippen LogP contribution in [0.25, 0.3) is 0 Å². The Morgan fingerprint density at radius 1 is 1.23 bits per heavy atom. The second-order valence-corrected chi connectivity index (χ2v) is 2.46. The third-order valence-electron chi connectivity index (χ3n) is 1.36. The number of ether oxygens (including phenoxy) is 1. The Hall–Kier alpha value is -1.26. The molecule has 0 aliphatic rings. The normalized spacial score (nSPS) is 11.5. The van der Waals surface area contributed by atoms with Gasteiger partial charge in [0.05, 0.1) is 0 Å². The van der Waals surface area contributed by atoms with Gasteiger partial charge in [0, 0.05) is 0 Å². The van der Waals surface area contributed by atoms with Crippen LogP contribution in [0.3, 0.4) is 0 Å². The van der Waals surface area contributed by atoms with Gasteiger partial charge in [-0.15, -0.1) is 13.2 Å². The van der Waals surface area contributed by atoms with Crippen molar-refractivity contribution in [2.75, 3.05) is 0 Å². The van der Waals surface area contributed by atoms with E-state index in [2.05, 4.69) is 4.74 Å². The monoisotopic (exact) mass is 194 g/mol. The number of hydrogen-bond acceptors (Lipinski definition) is 1. The van der Waals surface area contributed by atoms with Gasteiger partial charge in [-0.1, -0.05) is 0 Å². The van der Waals surface area contributed by atoms with Crippen molar-refractivity contribution in [3.63, 3.8) is 0 Å². The number of hydrogen-bond donors (Lipinski definition) is 0. The SMILES string of the molecule is Cc1cc(F)ccc1OC(F)(F)F. The molecule has 1 rings (SSSR count). The van der Waals surface area contributed by atoms with Crippen molar-refractivity contribution in [1.82, 2.24) is 0 Å². The highest BCUT2D eigenvalue weighted by atomic mass is 19.4. The third-order valence-corrected chi connectivity index (χ3v) is 1.36. The molecule has 0 heterocycles. The second-order valence-electron chi connectivity index (χ2n) is 2.46. The summed E-state index contributed by atoms with van der Waals surface area (Å²) < 4.78 is 51.2. The molecule has 5 heteroatoms. The molecular formula is C8H6F4O. The van der Waals surface area contributed by atoms with Gasteiger partial charge in [0.25, 0.3) is 0 Å². The summed E-state index contributed by atoms with van der Waals surface area (Å²) in [5.41, 5.74) is 0.109. The van der Waals surface area contributed by atoms with Crippen molar-refractivity contribution in [1.29, 1.82) is 0 Å². The summed E-state index contributed by atoms with van der Waals surface area (Å²) in [7, 11) is 0. The van der Waals surface area contributed by atoms with E-state index in [0.717, 1.165) is 18.2 Å². The fraction of sp³-hybridized carbons (Fsp3) is 0.250. The Labute approximate surface area is 71.9 Å². The van der Waals surface area contributed by atoms with E-state index < -0.39 is 12.2 Å². The standard InChI is InChI=1S/C8H6F4O/c1-5-4-6(9)2-3-7(5)13-8(10,11)12/h2-4H,1H3. The summed E-state index contributed by atoms with van der Waals surface area (Å²) >= 11 is 0. The highest BCUT2D eigenvalue weighted by Gasteiger charge is 2.31. The summed E-state index contributed by atoms with van der Waals surface area (Å²) in [6, 6.07) is 2.83. The maximum Gasteiger partial charge on any atom is 0.573 e. The van der Waals surface area contributed by atoms with Gasteiger partial charge in [0.15, 0.2) is 0 Å².